The number of hydrogen-bond donors (Lipinski definition) is 0. The number of likely N-dealkylation sites (tertiary alicyclic amines) is 2. The van der Waals surface area contributed by atoms with Crippen LogP contribution in [0.15, 0.2) is 18.2 Å². The first-order valence-corrected chi connectivity index (χ1v) is 8.88. The minimum atomic E-state index is 0.214. The summed E-state index contributed by atoms with van der Waals surface area (Å²) < 4.78 is 5.42. The summed E-state index contributed by atoms with van der Waals surface area (Å²) in [7, 11) is 1.69. The first-order chi connectivity index (χ1) is 11.2. The van der Waals surface area contributed by atoms with Crippen LogP contribution in [0.5, 0.6) is 5.75 Å². The van der Waals surface area contributed by atoms with Crippen LogP contribution in [-0.4, -0.2) is 49.0 Å². The Bertz CT molecular complexity index is 550. The fraction of sp³-hybridized carbons (Fsp3) is 0.611. The molecule has 1 amide bonds. The second-order valence-electron chi connectivity index (χ2n) is 6.54. The van der Waals surface area contributed by atoms with Gasteiger partial charge in [-0.3, -0.25) is 9.69 Å². The Morgan fingerprint density at radius 2 is 1.91 bits per heavy atom. The van der Waals surface area contributed by atoms with Crippen molar-refractivity contribution in [1.29, 1.82) is 0 Å². The number of ether oxygens (including phenoxy) is 1. The van der Waals surface area contributed by atoms with Crippen molar-refractivity contribution in [3.63, 3.8) is 0 Å². The van der Waals surface area contributed by atoms with Gasteiger partial charge >= 0.3 is 0 Å². The Hall–Kier alpha value is -1.26. The fourth-order valence-electron chi connectivity index (χ4n) is 3.65. The third-order valence-corrected chi connectivity index (χ3v) is 5.23. The molecule has 2 aliphatic heterocycles. The summed E-state index contributed by atoms with van der Waals surface area (Å²) in [6, 6.07) is 5.74. The van der Waals surface area contributed by atoms with Crippen LogP contribution < -0.4 is 4.74 Å². The fourth-order valence-corrected chi connectivity index (χ4v) is 3.84. The van der Waals surface area contributed by atoms with E-state index in [0.717, 1.165) is 61.9 Å². The summed E-state index contributed by atoms with van der Waals surface area (Å²) in [4.78, 5) is 16.9. The third kappa shape index (κ3) is 3.99. The molecule has 0 N–H and O–H groups in total. The van der Waals surface area contributed by atoms with Gasteiger partial charge in [-0.1, -0.05) is 11.6 Å². The van der Waals surface area contributed by atoms with Crippen molar-refractivity contribution in [2.45, 2.75) is 32.2 Å². The van der Waals surface area contributed by atoms with Crippen LogP contribution in [0.25, 0.3) is 0 Å². The molecular weight excluding hydrogens is 312 g/mol. The van der Waals surface area contributed by atoms with E-state index in [1.165, 1.54) is 12.8 Å². The van der Waals surface area contributed by atoms with E-state index < -0.39 is 0 Å². The molecule has 0 radical (unpaired) electrons. The van der Waals surface area contributed by atoms with E-state index in [2.05, 4.69) is 9.80 Å². The molecule has 0 saturated carbocycles. The van der Waals surface area contributed by atoms with Crippen molar-refractivity contribution >= 4 is 17.5 Å². The maximum absolute atomic E-state index is 12.5. The van der Waals surface area contributed by atoms with E-state index in [0.29, 0.717) is 5.91 Å². The molecule has 0 aromatic heterocycles. The Balaban J connectivity index is 1.55. The second-order valence-corrected chi connectivity index (χ2v) is 6.98. The molecule has 0 spiro atoms. The largest absolute Gasteiger partial charge is 0.496 e. The van der Waals surface area contributed by atoms with Crippen molar-refractivity contribution in [2.75, 3.05) is 33.3 Å². The molecule has 126 valence electrons. The van der Waals surface area contributed by atoms with Gasteiger partial charge in [0.2, 0.25) is 5.91 Å². The predicted molar refractivity (Wildman–Crippen MR) is 91.8 cm³/mol. The van der Waals surface area contributed by atoms with E-state index >= 15 is 0 Å². The minimum Gasteiger partial charge on any atom is -0.496 e. The lowest BCUT2D eigenvalue weighted by atomic mass is 9.95. The van der Waals surface area contributed by atoms with Gasteiger partial charge in [-0.15, -0.1) is 0 Å². The van der Waals surface area contributed by atoms with Crippen molar-refractivity contribution in [1.82, 2.24) is 9.80 Å². The number of piperidine rings is 1. The molecule has 5 heteroatoms. The van der Waals surface area contributed by atoms with Crippen LogP contribution in [0, 0.1) is 5.92 Å². The normalized spacial score (nSPS) is 20.0. The molecule has 0 unspecified atom stereocenters. The number of carbonyl (C=O) groups is 1. The maximum Gasteiger partial charge on any atom is 0.225 e. The molecule has 4 nitrogen and oxygen atoms in total. The zero-order valence-corrected chi connectivity index (χ0v) is 14.5. The molecule has 0 bridgehead atoms. The summed E-state index contributed by atoms with van der Waals surface area (Å²) in [5.41, 5.74) is 1.12. The van der Waals surface area contributed by atoms with Crippen LogP contribution in [0.3, 0.4) is 0 Å². The average Bonchev–Trinajstić information content (AvgIpc) is 3.10. The van der Waals surface area contributed by atoms with Gasteiger partial charge in [0.15, 0.2) is 0 Å². The highest BCUT2D eigenvalue weighted by Gasteiger charge is 2.29. The third-order valence-electron chi connectivity index (χ3n) is 4.99. The molecule has 2 aliphatic rings. The molecule has 0 aliphatic carbocycles. The number of benzene rings is 1. The minimum absolute atomic E-state index is 0.214. The molecule has 0 atom stereocenters. The number of hydrogen-bond acceptors (Lipinski definition) is 3. The van der Waals surface area contributed by atoms with E-state index in [-0.39, 0.29) is 5.92 Å². The Morgan fingerprint density at radius 1 is 1.22 bits per heavy atom. The summed E-state index contributed by atoms with van der Waals surface area (Å²) >= 11 is 6.10. The van der Waals surface area contributed by atoms with Gasteiger partial charge in [-0.05, 0) is 57.0 Å². The van der Waals surface area contributed by atoms with Gasteiger partial charge in [0.05, 0.1) is 7.11 Å². The molecule has 2 saturated heterocycles. The van der Waals surface area contributed by atoms with Crippen molar-refractivity contribution in [2.24, 2.45) is 5.92 Å². The van der Waals surface area contributed by atoms with Gasteiger partial charge < -0.3 is 9.64 Å². The lowest BCUT2D eigenvalue weighted by Crippen LogP contribution is -2.41. The van der Waals surface area contributed by atoms with E-state index in [1.54, 1.807) is 7.11 Å². The summed E-state index contributed by atoms with van der Waals surface area (Å²) in [6.45, 7) is 4.66. The standard InChI is InChI=1S/C18H25ClN2O2/c1-23-17-5-4-16(19)12-15(17)13-20-10-6-14(7-11-20)18(22)21-8-2-3-9-21/h4-5,12,14H,2-3,6-11,13H2,1H3. The number of carbonyl (C=O) groups excluding carboxylic acids is 1. The average molecular weight is 337 g/mol. The Kier molecular flexibility index (Phi) is 5.44. The number of amides is 1. The highest BCUT2D eigenvalue weighted by atomic mass is 35.5. The summed E-state index contributed by atoms with van der Waals surface area (Å²) in [5.74, 6) is 1.47. The van der Waals surface area contributed by atoms with Crippen LogP contribution in [-0.2, 0) is 11.3 Å². The molecule has 3 rings (SSSR count). The molecule has 23 heavy (non-hydrogen) atoms. The first-order valence-electron chi connectivity index (χ1n) is 8.51. The highest BCUT2D eigenvalue weighted by Crippen LogP contribution is 2.27. The zero-order chi connectivity index (χ0) is 16.2. The Labute approximate surface area is 143 Å². The van der Waals surface area contributed by atoms with Gasteiger partial charge in [-0.2, -0.15) is 0 Å². The van der Waals surface area contributed by atoms with Crippen LogP contribution >= 0.6 is 11.6 Å². The van der Waals surface area contributed by atoms with Crippen LogP contribution in [0.1, 0.15) is 31.2 Å². The monoisotopic (exact) mass is 336 g/mol. The second kappa shape index (κ2) is 7.54. The van der Waals surface area contributed by atoms with E-state index in [9.17, 15) is 4.79 Å². The smallest absolute Gasteiger partial charge is 0.225 e. The maximum atomic E-state index is 12.5. The lowest BCUT2D eigenvalue weighted by Gasteiger charge is -2.33. The lowest BCUT2D eigenvalue weighted by molar-refractivity contribution is -0.136. The van der Waals surface area contributed by atoms with Crippen molar-refractivity contribution in [3.8, 4) is 5.75 Å². The summed E-state index contributed by atoms with van der Waals surface area (Å²) in [6.07, 6.45) is 4.24. The molecular formula is C18H25ClN2O2. The number of nitrogens with zero attached hydrogens (tertiary/aromatic N) is 2. The first kappa shape index (κ1) is 16.6. The van der Waals surface area contributed by atoms with E-state index in [1.807, 2.05) is 18.2 Å². The topological polar surface area (TPSA) is 32.8 Å². The summed E-state index contributed by atoms with van der Waals surface area (Å²) in [5, 5.41) is 0.736. The van der Waals surface area contributed by atoms with Crippen molar-refractivity contribution < 1.29 is 9.53 Å². The predicted octanol–water partition coefficient (Wildman–Crippen LogP) is 3.18. The molecule has 2 heterocycles. The Morgan fingerprint density at radius 3 is 2.57 bits per heavy atom. The molecule has 1 aromatic rings. The molecule has 1 aromatic carbocycles. The molecule has 2 fully saturated rings. The van der Waals surface area contributed by atoms with E-state index in [4.69, 9.17) is 16.3 Å². The number of methoxy groups -OCH3 is 1. The van der Waals surface area contributed by atoms with Gasteiger partial charge in [0, 0.05) is 36.1 Å². The zero-order valence-electron chi connectivity index (χ0n) is 13.8. The van der Waals surface area contributed by atoms with Crippen molar-refractivity contribution in [3.05, 3.63) is 28.8 Å². The SMILES string of the molecule is COc1ccc(Cl)cc1CN1CCC(C(=O)N2CCCC2)CC1. The number of halogens is 1. The van der Waals surface area contributed by atoms with Gasteiger partial charge in [0.1, 0.15) is 5.75 Å². The van der Waals surface area contributed by atoms with Crippen LogP contribution in [0.2, 0.25) is 5.02 Å². The highest BCUT2D eigenvalue weighted by molar-refractivity contribution is 6.30. The number of rotatable bonds is 4. The van der Waals surface area contributed by atoms with Gasteiger partial charge in [-0.25, -0.2) is 0 Å². The van der Waals surface area contributed by atoms with Gasteiger partial charge in [0.25, 0.3) is 0 Å². The van der Waals surface area contributed by atoms with Crippen LogP contribution in [0.4, 0.5) is 0 Å². The quantitative estimate of drug-likeness (QED) is 0.846.